The first kappa shape index (κ1) is 13.6. The van der Waals surface area contributed by atoms with E-state index in [9.17, 15) is 0 Å². The lowest BCUT2D eigenvalue weighted by Crippen LogP contribution is -2.22. The van der Waals surface area contributed by atoms with Gasteiger partial charge in [0.25, 0.3) is 0 Å². The summed E-state index contributed by atoms with van der Waals surface area (Å²) in [5.41, 5.74) is 2.22. The van der Waals surface area contributed by atoms with Crippen molar-refractivity contribution in [1.29, 1.82) is 0 Å². The number of H-pyrrole nitrogens is 1. The van der Waals surface area contributed by atoms with E-state index in [1.807, 2.05) is 12.1 Å². The van der Waals surface area contributed by atoms with Gasteiger partial charge in [-0.15, -0.1) is 0 Å². The second kappa shape index (κ2) is 6.89. The SMILES string of the molecule is c1ccc2[nH]c(CCNCCC3CCCCC3)nc2c1. The van der Waals surface area contributed by atoms with Gasteiger partial charge in [0, 0.05) is 13.0 Å². The highest BCUT2D eigenvalue weighted by Crippen LogP contribution is 2.25. The fourth-order valence-corrected chi connectivity index (χ4v) is 3.24. The van der Waals surface area contributed by atoms with E-state index >= 15 is 0 Å². The van der Waals surface area contributed by atoms with Crippen LogP contribution in [0.5, 0.6) is 0 Å². The van der Waals surface area contributed by atoms with Crippen LogP contribution in [0.1, 0.15) is 44.3 Å². The zero-order valence-electron chi connectivity index (χ0n) is 12.2. The Kier molecular flexibility index (Phi) is 4.69. The number of aromatic nitrogens is 2. The monoisotopic (exact) mass is 271 g/mol. The third kappa shape index (κ3) is 3.60. The molecule has 20 heavy (non-hydrogen) atoms. The highest BCUT2D eigenvalue weighted by Gasteiger charge is 2.12. The molecule has 0 aliphatic heterocycles. The van der Waals surface area contributed by atoms with Crippen LogP contribution >= 0.6 is 0 Å². The van der Waals surface area contributed by atoms with Crippen molar-refractivity contribution in [2.24, 2.45) is 5.92 Å². The molecule has 1 aromatic carbocycles. The minimum absolute atomic E-state index is 0.974. The smallest absolute Gasteiger partial charge is 0.108 e. The number of rotatable bonds is 6. The van der Waals surface area contributed by atoms with Crippen LogP contribution in [0, 0.1) is 5.92 Å². The second-order valence-corrected chi connectivity index (χ2v) is 5.99. The van der Waals surface area contributed by atoms with E-state index in [2.05, 4.69) is 27.4 Å². The van der Waals surface area contributed by atoms with Crippen molar-refractivity contribution in [2.45, 2.75) is 44.9 Å². The number of benzene rings is 1. The van der Waals surface area contributed by atoms with Gasteiger partial charge in [-0.1, -0.05) is 44.2 Å². The molecular formula is C17H25N3. The maximum absolute atomic E-state index is 4.60. The van der Waals surface area contributed by atoms with Crippen LogP contribution in [0.2, 0.25) is 0 Å². The van der Waals surface area contributed by atoms with Crippen LogP contribution < -0.4 is 5.32 Å². The molecule has 0 spiro atoms. The summed E-state index contributed by atoms with van der Waals surface area (Å²) in [5, 5.41) is 3.57. The molecular weight excluding hydrogens is 246 g/mol. The Balaban J connectivity index is 1.37. The fraction of sp³-hybridized carbons (Fsp3) is 0.588. The molecule has 1 fully saturated rings. The quantitative estimate of drug-likeness (QED) is 0.787. The number of aromatic amines is 1. The van der Waals surface area contributed by atoms with Gasteiger partial charge >= 0.3 is 0 Å². The normalized spacial score (nSPS) is 16.8. The lowest BCUT2D eigenvalue weighted by Gasteiger charge is -2.21. The van der Waals surface area contributed by atoms with E-state index in [0.29, 0.717) is 0 Å². The van der Waals surface area contributed by atoms with E-state index in [0.717, 1.165) is 42.3 Å². The van der Waals surface area contributed by atoms with Crippen LogP contribution in [0.4, 0.5) is 0 Å². The molecule has 108 valence electrons. The molecule has 0 atom stereocenters. The van der Waals surface area contributed by atoms with Crippen LogP contribution in [0.25, 0.3) is 11.0 Å². The first-order chi connectivity index (χ1) is 9.92. The predicted molar refractivity (Wildman–Crippen MR) is 83.9 cm³/mol. The maximum atomic E-state index is 4.60. The molecule has 1 saturated carbocycles. The summed E-state index contributed by atoms with van der Waals surface area (Å²) in [5.74, 6) is 2.07. The number of nitrogens with zero attached hydrogens (tertiary/aromatic N) is 1. The molecule has 0 saturated heterocycles. The average Bonchev–Trinajstić information content (AvgIpc) is 2.90. The zero-order chi connectivity index (χ0) is 13.6. The van der Waals surface area contributed by atoms with E-state index < -0.39 is 0 Å². The lowest BCUT2D eigenvalue weighted by molar-refractivity contribution is 0.334. The summed E-state index contributed by atoms with van der Waals surface area (Å²) >= 11 is 0. The minimum Gasteiger partial charge on any atom is -0.342 e. The Morgan fingerprint density at radius 1 is 1.10 bits per heavy atom. The fourth-order valence-electron chi connectivity index (χ4n) is 3.24. The highest BCUT2D eigenvalue weighted by molar-refractivity contribution is 5.74. The number of hydrogen-bond donors (Lipinski definition) is 2. The summed E-state index contributed by atoms with van der Waals surface area (Å²) in [6.45, 7) is 2.18. The molecule has 0 bridgehead atoms. The van der Waals surface area contributed by atoms with Crippen LogP contribution in [0.3, 0.4) is 0 Å². The maximum Gasteiger partial charge on any atom is 0.108 e. The molecule has 1 heterocycles. The Labute approximate surface area is 121 Å². The van der Waals surface area contributed by atoms with Crippen LogP contribution in [0.15, 0.2) is 24.3 Å². The average molecular weight is 271 g/mol. The van der Waals surface area contributed by atoms with Gasteiger partial charge in [0.15, 0.2) is 0 Å². The van der Waals surface area contributed by atoms with Crippen molar-refractivity contribution in [3.63, 3.8) is 0 Å². The molecule has 0 unspecified atom stereocenters. The molecule has 1 aromatic heterocycles. The van der Waals surface area contributed by atoms with Crippen LogP contribution in [-0.2, 0) is 6.42 Å². The van der Waals surface area contributed by atoms with E-state index in [1.54, 1.807) is 0 Å². The third-order valence-corrected chi connectivity index (χ3v) is 4.43. The molecule has 2 aromatic rings. The summed E-state index contributed by atoms with van der Waals surface area (Å²) in [6.07, 6.45) is 9.58. The van der Waals surface area contributed by atoms with E-state index in [4.69, 9.17) is 0 Å². The van der Waals surface area contributed by atoms with E-state index in [-0.39, 0.29) is 0 Å². The van der Waals surface area contributed by atoms with E-state index in [1.165, 1.54) is 38.5 Å². The lowest BCUT2D eigenvalue weighted by atomic mass is 9.87. The van der Waals surface area contributed by atoms with Crippen molar-refractivity contribution in [2.75, 3.05) is 13.1 Å². The topological polar surface area (TPSA) is 40.7 Å². The second-order valence-electron chi connectivity index (χ2n) is 5.99. The Morgan fingerprint density at radius 3 is 2.80 bits per heavy atom. The van der Waals surface area contributed by atoms with Gasteiger partial charge in [-0.2, -0.15) is 0 Å². The van der Waals surface area contributed by atoms with Gasteiger partial charge in [0.2, 0.25) is 0 Å². The molecule has 1 aliphatic carbocycles. The number of imidazole rings is 1. The largest absolute Gasteiger partial charge is 0.342 e. The molecule has 3 rings (SSSR count). The number of hydrogen-bond acceptors (Lipinski definition) is 2. The Bertz CT molecular complexity index is 493. The Morgan fingerprint density at radius 2 is 1.95 bits per heavy atom. The molecule has 3 heteroatoms. The number of nitrogens with one attached hydrogen (secondary N) is 2. The van der Waals surface area contributed by atoms with Crippen molar-refractivity contribution < 1.29 is 0 Å². The molecule has 1 aliphatic rings. The summed E-state index contributed by atoms with van der Waals surface area (Å²) < 4.78 is 0. The van der Waals surface area contributed by atoms with Crippen molar-refractivity contribution >= 4 is 11.0 Å². The predicted octanol–water partition coefficient (Wildman–Crippen LogP) is 3.67. The van der Waals surface area contributed by atoms with Crippen molar-refractivity contribution in [3.8, 4) is 0 Å². The van der Waals surface area contributed by atoms with Gasteiger partial charge in [-0.25, -0.2) is 4.98 Å². The summed E-state index contributed by atoms with van der Waals surface area (Å²) in [7, 11) is 0. The first-order valence-corrected chi connectivity index (χ1v) is 8.06. The van der Waals surface area contributed by atoms with Gasteiger partial charge in [-0.05, 0) is 31.0 Å². The molecule has 2 N–H and O–H groups in total. The highest BCUT2D eigenvalue weighted by atomic mass is 14.9. The zero-order valence-corrected chi connectivity index (χ0v) is 12.2. The number of fused-ring (bicyclic) bond motifs is 1. The standard InChI is InChI=1S/C17H25N3/c1-2-6-14(7-3-1)10-12-18-13-11-17-19-15-8-4-5-9-16(15)20-17/h4-5,8-9,14,18H,1-3,6-7,10-13H2,(H,19,20). The van der Waals surface area contributed by atoms with Crippen LogP contribution in [-0.4, -0.2) is 23.1 Å². The van der Waals surface area contributed by atoms with Crippen molar-refractivity contribution in [1.82, 2.24) is 15.3 Å². The minimum atomic E-state index is 0.974. The first-order valence-electron chi connectivity index (χ1n) is 8.06. The number of para-hydroxylation sites is 2. The van der Waals surface area contributed by atoms with Gasteiger partial charge in [0.05, 0.1) is 11.0 Å². The van der Waals surface area contributed by atoms with Gasteiger partial charge in [-0.3, -0.25) is 0 Å². The summed E-state index contributed by atoms with van der Waals surface area (Å²) in [4.78, 5) is 7.99. The molecule has 3 nitrogen and oxygen atoms in total. The van der Waals surface area contributed by atoms with Gasteiger partial charge < -0.3 is 10.3 Å². The molecule has 0 radical (unpaired) electrons. The Hall–Kier alpha value is -1.35. The molecule has 0 amide bonds. The third-order valence-electron chi connectivity index (χ3n) is 4.43. The van der Waals surface area contributed by atoms with Gasteiger partial charge in [0.1, 0.15) is 5.82 Å². The van der Waals surface area contributed by atoms with Crippen molar-refractivity contribution in [3.05, 3.63) is 30.1 Å². The summed E-state index contributed by atoms with van der Waals surface area (Å²) in [6, 6.07) is 8.23.